The number of nitrogens with zero attached hydrogens (tertiary/aromatic N) is 4. The van der Waals surface area contributed by atoms with E-state index in [1.54, 1.807) is 0 Å². The lowest BCUT2D eigenvalue weighted by Crippen LogP contribution is -2.47. The third-order valence-electron chi connectivity index (χ3n) is 6.01. The van der Waals surface area contributed by atoms with Crippen LogP contribution in [0, 0.1) is 0 Å². The first-order valence-corrected chi connectivity index (χ1v) is 10.0. The average Bonchev–Trinajstić information content (AvgIpc) is 3.34. The van der Waals surface area contributed by atoms with Crippen molar-refractivity contribution in [2.24, 2.45) is 0 Å². The van der Waals surface area contributed by atoms with E-state index in [1.165, 1.54) is 12.8 Å². The summed E-state index contributed by atoms with van der Waals surface area (Å²) >= 11 is 0. The van der Waals surface area contributed by atoms with E-state index in [0.29, 0.717) is 18.5 Å². The monoisotopic (exact) mass is 398 g/mol. The topological polar surface area (TPSA) is 86.5 Å². The van der Waals surface area contributed by atoms with Gasteiger partial charge in [-0.25, -0.2) is 4.79 Å². The molecule has 2 atom stereocenters. The molecule has 0 spiro atoms. The van der Waals surface area contributed by atoms with Crippen LogP contribution < -0.4 is 10.6 Å². The van der Waals surface area contributed by atoms with Crippen molar-refractivity contribution >= 4 is 18.4 Å². The van der Waals surface area contributed by atoms with Gasteiger partial charge < -0.3 is 20.1 Å². The summed E-state index contributed by atoms with van der Waals surface area (Å²) in [6.07, 6.45) is 6.64. The highest BCUT2D eigenvalue weighted by molar-refractivity contribution is 5.85. The van der Waals surface area contributed by atoms with Crippen LogP contribution >= 0.6 is 12.4 Å². The van der Waals surface area contributed by atoms with Crippen LogP contribution in [0.5, 0.6) is 0 Å². The standard InChI is InChI=1S/C18H30N6O2.ClH/c1-23-10-8-19-11-15(23)16-21-17(26-22-16)13-5-4-9-24(12-13)18(25)20-14-6-2-3-7-14;/h13-15,19H,2-12H2,1H3,(H,20,25);1H. The maximum absolute atomic E-state index is 12.6. The van der Waals surface area contributed by atoms with Gasteiger partial charge in [-0.2, -0.15) is 4.98 Å². The molecule has 152 valence electrons. The number of rotatable bonds is 3. The quantitative estimate of drug-likeness (QED) is 0.808. The first kappa shape index (κ1) is 20.4. The van der Waals surface area contributed by atoms with Gasteiger partial charge in [-0.15, -0.1) is 12.4 Å². The Morgan fingerprint density at radius 3 is 2.81 bits per heavy atom. The third kappa shape index (κ3) is 4.73. The van der Waals surface area contributed by atoms with Gasteiger partial charge >= 0.3 is 6.03 Å². The van der Waals surface area contributed by atoms with Crippen LogP contribution in [0.2, 0.25) is 0 Å². The molecule has 2 N–H and O–H groups in total. The molecular formula is C18H31ClN6O2. The predicted molar refractivity (Wildman–Crippen MR) is 104 cm³/mol. The molecule has 3 heterocycles. The second-order valence-electron chi connectivity index (χ2n) is 7.91. The van der Waals surface area contributed by atoms with Crippen molar-refractivity contribution in [1.29, 1.82) is 0 Å². The number of amides is 2. The summed E-state index contributed by atoms with van der Waals surface area (Å²) in [7, 11) is 2.09. The smallest absolute Gasteiger partial charge is 0.317 e. The number of piperazine rings is 1. The van der Waals surface area contributed by atoms with E-state index in [0.717, 1.165) is 57.7 Å². The minimum absolute atomic E-state index is 0. The van der Waals surface area contributed by atoms with Crippen molar-refractivity contribution in [2.45, 2.75) is 56.5 Å². The molecule has 0 aromatic carbocycles. The minimum Gasteiger partial charge on any atom is -0.339 e. The largest absolute Gasteiger partial charge is 0.339 e. The molecule has 2 amide bonds. The summed E-state index contributed by atoms with van der Waals surface area (Å²) in [6.45, 7) is 4.29. The van der Waals surface area contributed by atoms with Crippen molar-refractivity contribution in [3.63, 3.8) is 0 Å². The van der Waals surface area contributed by atoms with Crippen molar-refractivity contribution < 1.29 is 9.32 Å². The Hall–Kier alpha value is -1.38. The summed E-state index contributed by atoms with van der Waals surface area (Å²) in [5, 5.41) is 10.8. The van der Waals surface area contributed by atoms with Gasteiger partial charge in [-0.1, -0.05) is 18.0 Å². The van der Waals surface area contributed by atoms with Crippen LogP contribution in [0.15, 0.2) is 4.52 Å². The van der Waals surface area contributed by atoms with E-state index >= 15 is 0 Å². The highest BCUT2D eigenvalue weighted by atomic mass is 35.5. The fourth-order valence-corrected chi connectivity index (χ4v) is 4.34. The summed E-state index contributed by atoms with van der Waals surface area (Å²) in [6, 6.07) is 0.580. The lowest BCUT2D eigenvalue weighted by molar-refractivity contribution is 0.168. The zero-order chi connectivity index (χ0) is 17.9. The lowest BCUT2D eigenvalue weighted by Gasteiger charge is -2.32. The first-order valence-electron chi connectivity index (χ1n) is 10.0. The molecular weight excluding hydrogens is 368 g/mol. The Morgan fingerprint density at radius 2 is 2.04 bits per heavy atom. The predicted octanol–water partition coefficient (Wildman–Crippen LogP) is 1.90. The Bertz CT molecular complexity index is 621. The van der Waals surface area contributed by atoms with Crippen molar-refractivity contribution in [3.05, 3.63) is 11.7 Å². The average molecular weight is 399 g/mol. The van der Waals surface area contributed by atoms with Crippen LogP contribution in [0.1, 0.15) is 62.2 Å². The van der Waals surface area contributed by atoms with Gasteiger partial charge in [-0.05, 0) is 32.7 Å². The van der Waals surface area contributed by atoms with Crippen LogP contribution in [0.25, 0.3) is 0 Å². The molecule has 9 heteroatoms. The molecule has 3 fully saturated rings. The number of urea groups is 1. The highest BCUT2D eigenvalue weighted by Crippen LogP contribution is 2.28. The number of hydrogen-bond donors (Lipinski definition) is 2. The minimum atomic E-state index is 0. The van der Waals surface area contributed by atoms with Gasteiger partial charge in [-0.3, -0.25) is 4.90 Å². The van der Waals surface area contributed by atoms with Crippen LogP contribution in [0.4, 0.5) is 4.79 Å². The van der Waals surface area contributed by atoms with E-state index in [1.807, 2.05) is 4.90 Å². The Balaban J connectivity index is 0.00000210. The fraction of sp³-hybridized carbons (Fsp3) is 0.833. The number of aromatic nitrogens is 2. The van der Waals surface area contributed by atoms with Crippen molar-refractivity contribution in [2.75, 3.05) is 39.8 Å². The summed E-state index contributed by atoms with van der Waals surface area (Å²) in [5.74, 6) is 1.57. The fourth-order valence-electron chi connectivity index (χ4n) is 4.34. The molecule has 3 aliphatic rings. The van der Waals surface area contributed by atoms with Crippen LogP contribution in [-0.4, -0.2) is 71.8 Å². The molecule has 0 radical (unpaired) electrons. The number of halogens is 1. The summed E-state index contributed by atoms with van der Waals surface area (Å²) < 4.78 is 5.59. The van der Waals surface area contributed by atoms with Crippen LogP contribution in [0.3, 0.4) is 0 Å². The van der Waals surface area contributed by atoms with Crippen molar-refractivity contribution in [1.82, 2.24) is 30.6 Å². The number of hydrogen-bond acceptors (Lipinski definition) is 6. The molecule has 27 heavy (non-hydrogen) atoms. The number of nitrogens with one attached hydrogen (secondary N) is 2. The third-order valence-corrected chi connectivity index (χ3v) is 6.01. The molecule has 2 saturated heterocycles. The van der Waals surface area contributed by atoms with Crippen molar-refractivity contribution in [3.8, 4) is 0 Å². The SMILES string of the molecule is CN1CCNCC1c1noc(C2CCCN(C(=O)NC3CCCC3)C2)n1.Cl. The summed E-state index contributed by atoms with van der Waals surface area (Å²) in [5.41, 5.74) is 0. The lowest BCUT2D eigenvalue weighted by atomic mass is 9.98. The van der Waals surface area contributed by atoms with Gasteiger partial charge in [0, 0.05) is 38.8 Å². The van der Waals surface area contributed by atoms with E-state index in [2.05, 4.69) is 32.7 Å². The normalized spacial score (nSPS) is 27.4. The van der Waals surface area contributed by atoms with E-state index in [4.69, 9.17) is 4.52 Å². The molecule has 2 aliphatic heterocycles. The zero-order valence-corrected chi connectivity index (χ0v) is 16.8. The highest BCUT2D eigenvalue weighted by Gasteiger charge is 2.32. The molecule has 4 rings (SSSR count). The molecule has 0 bridgehead atoms. The molecule has 8 nitrogen and oxygen atoms in total. The molecule has 2 unspecified atom stereocenters. The molecule has 1 aromatic rings. The Labute approximate surface area is 166 Å². The van der Waals surface area contributed by atoms with Gasteiger partial charge in [0.2, 0.25) is 5.89 Å². The second kappa shape index (κ2) is 9.21. The number of carbonyl (C=O) groups is 1. The maximum atomic E-state index is 12.6. The van der Waals surface area contributed by atoms with Gasteiger partial charge in [0.15, 0.2) is 5.82 Å². The summed E-state index contributed by atoms with van der Waals surface area (Å²) in [4.78, 5) is 21.4. The maximum Gasteiger partial charge on any atom is 0.317 e. The van der Waals surface area contributed by atoms with Gasteiger partial charge in [0.25, 0.3) is 0 Å². The Kier molecular flexibility index (Phi) is 6.94. The van der Waals surface area contributed by atoms with E-state index in [-0.39, 0.29) is 30.4 Å². The van der Waals surface area contributed by atoms with E-state index < -0.39 is 0 Å². The van der Waals surface area contributed by atoms with Gasteiger partial charge in [0.05, 0.1) is 12.0 Å². The van der Waals surface area contributed by atoms with Crippen LogP contribution in [-0.2, 0) is 0 Å². The molecule has 1 aromatic heterocycles. The molecule has 1 saturated carbocycles. The second-order valence-corrected chi connectivity index (χ2v) is 7.91. The number of piperidine rings is 1. The number of likely N-dealkylation sites (N-methyl/N-ethyl adjacent to an activating group) is 1. The number of likely N-dealkylation sites (tertiary alicyclic amines) is 1. The number of carbonyl (C=O) groups excluding carboxylic acids is 1. The zero-order valence-electron chi connectivity index (χ0n) is 16.0. The van der Waals surface area contributed by atoms with Gasteiger partial charge in [0.1, 0.15) is 0 Å². The van der Waals surface area contributed by atoms with E-state index in [9.17, 15) is 4.79 Å². The Morgan fingerprint density at radius 1 is 1.22 bits per heavy atom. The molecule has 1 aliphatic carbocycles. The first-order chi connectivity index (χ1) is 12.7.